The molecule has 4 rings (SSSR count). The molecule has 1 unspecified atom stereocenters. The van der Waals surface area contributed by atoms with Crippen LogP contribution in [-0.2, 0) is 17.6 Å². The summed E-state index contributed by atoms with van der Waals surface area (Å²) < 4.78 is 46.1. The van der Waals surface area contributed by atoms with E-state index in [1.54, 1.807) is 24.3 Å². The lowest BCUT2D eigenvalue weighted by Crippen LogP contribution is -2.46. The summed E-state index contributed by atoms with van der Waals surface area (Å²) in [5, 5.41) is 7.55. The Bertz CT molecular complexity index is 1270. The monoisotopic (exact) mass is 481 g/mol. The third-order valence-corrected chi connectivity index (χ3v) is 5.43. The normalized spacial score (nSPS) is 15.8. The molecular weight excluding hydrogens is 459 g/mol. The number of nitrogens with one attached hydrogen (secondary N) is 3. The molecule has 3 amide bonds. The van der Waals surface area contributed by atoms with E-state index >= 15 is 0 Å². The smallest absolute Gasteiger partial charge is 0.418 e. The molecular formula is C26H22F3N3O3. The van der Waals surface area contributed by atoms with E-state index in [1.807, 2.05) is 30.3 Å². The highest BCUT2D eigenvalue weighted by Gasteiger charge is 2.36. The Kier molecular flexibility index (Phi) is 6.77. The standard InChI is InChI=1S/C26H22F3N3O3/c1-16-22(24(33)31-21-13-6-5-12-20(21)26(27,28)29)23(32-25(34)30-16)18-10-7-11-19(14-18)35-15-17-8-3-2-4-9-17/h2-14,23H,15H2,1H3,(H,31,33)(H2,30,32,34). The van der Waals surface area contributed by atoms with Gasteiger partial charge < -0.3 is 20.7 Å². The second kappa shape index (κ2) is 9.92. The van der Waals surface area contributed by atoms with Gasteiger partial charge in [0.05, 0.1) is 22.9 Å². The molecule has 0 saturated heterocycles. The Balaban J connectivity index is 1.61. The number of urea groups is 1. The molecule has 1 heterocycles. The SMILES string of the molecule is CC1=C(C(=O)Nc2ccccc2C(F)(F)F)C(c2cccc(OCc3ccccc3)c2)NC(=O)N1. The number of carbonyl (C=O) groups excluding carboxylic acids is 2. The van der Waals surface area contributed by atoms with Gasteiger partial charge in [0.25, 0.3) is 5.91 Å². The molecule has 1 atom stereocenters. The molecule has 6 nitrogen and oxygen atoms in total. The van der Waals surface area contributed by atoms with Crippen molar-refractivity contribution in [3.63, 3.8) is 0 Å². The lowest BCUT2D eigenvalue weighted by atomic mass is 9.94. The summed E-state index contributed by atoms with van der Waals surface area (Å²) in [5.41, 5.74) is 0.484. The van der Waals surface area contributed by atoms with Crippen molar-refractivity contribution in [2.75, 3.05) is 5.32 Å². The minimum absolute atomic E-state index is 0.0850. The van der Waals surface area contributed by atoms with Crippen LogP contribution < -0.4 is 20.7 Å². The highest BCUT2D eigenvalue weighted by molar-refractivity contribution is 6.07. The Morgan fingerprint density at radius 1 is 1.00 bits per heavy atom. The van der Waals surface area contributed by atoms with E-state index in [9.17, 15) is 22.8 Å². The molecule has 0 saturated carbocycles. The van der Waals surface area contributed by atoms with Gasteiger partial charge in [-0.05, 0) is 42.3 Å². The maximum absolute atomic E-state index is 13.4. The third-order valence-electron chi connectivity index (χ3n) is 5.43. The van der Waals surface area contributed by atoms with E-state index in [0.29, 0.717) is 17.9 Å². The van der Waals surface area contributed by atoms with Crippen LogP contribution in [0.1, 0.15) is 29.7 Å². The predicted molar refractivity (Wildman–Crippen MR) is 124 cm³/mol. The van der Waals surface area contributed by atoms with Crippen molar-refractivity contribution >= 4 is 17.6 Å². The Morgan fingerprint density at radius 3 is 2.46 bits per heavy atom. The van der Waals surface area contributed by atoms with Crippen LogP contribution in [0.2, 0.25) is 0 Å². The predicted octanol–water partition coefficient (Wildman–Crippen LogP) is 5.55. The molecule has 0 aliphatic carbocycles. The molecule has 3 aromatic rings. The number of benzene rings is 3. The van der Waals surface area contributed by atoms with Gasteiger partial charge in [0.1, 0.15) is 12.4 Å². The Labute approximate surface area is 199 Å². The maximum Gasteiger partial charge on any atom is 0.418 e. The van der Waals surface area contributed by atoms with Crippen molar-refractivity contribution in [2.24, 2.45) is 0 Å². The molecule has 0 bridgehead atoms. The first-order chi connectivity index (χ1) is 16.7. The van der Waals surface area contributed by atoms with E-state index in [-0.39, 0.29) is 17.0 Å². The van der Waals surface area contributed by atoms with E-state index < -0.39 is 29.7 Å². The molecule has 0 radical (unpaired) electrons. The average molecular weight is 481 g/mol. The first-order valence-electron chi connectivity index (χ1n) is 10.7. The summed E-state index contributed by atoms with van der Waals surface area (Å²) in [6.45, 7) is 1.84. The molecule has 1 aliphatic heterocycles. The fraction of sp³-hybridized carbons (Fsp3) is 0.154. The Morgan fingerprint density at radius 2 is 1.71 bits per heavy atom. The van der Waals surface area contributed by atoms with Gasteiger partial charge in [-0.15, -0.1) is 0 Å². The number of halogens is 3. The Hall–Kier alpha value is -4.27. The number of allylic oxidation sites excluding steroid dienone is 1. The molecule has 3 aromatic carbocycles. The molecule has 3 N–H and O–H groups in total. The summed E-state index contributed by atoms with van der Waals surface area (Å²) in [4.78, 5) is 25.4. The van der Waals surface area contributed by atoms with Crippen LogP contribution in [0, 0.1) is 0 Å². The second-order valence-corrected chi connectivity index (χ2v) is 7.91. The van der Waals surface area contributed by atoms with Gasteiger partial charge in [-0.1, -0.05) is 54.6 Å². The average Bonchev–Trinajstić information content (AvgIpc) is 2.82. The highest BCUT2D eigenvalue weighted by atomic mass is 19.4. The number of rotatable bonds is 6. The van der Waals surface area contributed by atoms with Gasteiger partial charge in [-0.25, -0.2) is 4.79 Å². The fourth-order valence-electron chi connectivity index (χ4n) is 3.80. The van der Waals surface area contributed by atoms with Crippen LogP contribution in [0.5, 0.6) is 5.75 Å². The summed E-state index contributed by atoms with van der Waals surface area (Å²) >= 11 is 0. The number of hydrogen-bond acceptors (Lipinski definition) is 3. The van der Waals surface area contributed by atoms with Crippen LogP contribution in [0.25, 0.3) is 0 Å². The van der Waals surface area contributed by atoms with Crippen molar-refractivity contribution in [2.45, 2.75) is 25.7 Å². The van der Waals surface area contributed by atoms with Gasteiger partial charge in [0.15, 0.2) is 0 Å². The quantitative estimate of drug-likeness (QED) is 0.432. The molecule has 180 valence electrons. The maximum atomic E-state index is 13.4. The van der Waals surface area contributed by atoms with Gasteiger partial charge in [-0.2, -0.15) is 13.2 Å². The zero-order valence-electron chi connectivity index (χ0n) is 18.6. The topological polar surface area (TPSA) is 79.5 Å². The summed E-state index contributed by atoms with van der Waals surface area (Å²) in [6, 6.07) is 19.7. The van der Waals surface area contributed by atoms with E-state index in [0.717, 1.165) is 11.6 Å². The number of anilines is 1. The molecule has 9 heteroatoms. The third kappa shape index (κ3) is 5.63. The van der Waals surface area contributed by atoms with Crippen LogP contribution in [0.4, 0.5) is 23.7 Å². The lowest BCUT2D eigenvalue weighted by Gasteiger charge is -2.29. The number of alkyl halides is 3. The number of para-hydroxylation sites is 1. The molecule has 0 fully saturated rings. The number of carbonyl (C=O) groups is 2. The molecule has 0 spiro atoms. The number of ether oxygens (including phenoxy) is 1. The van der Waals surface area contributed by atoms with Crippen LogP contribution in [0.15, 0.2) is 90.1 Å². The zero-order chi connectivity index (χ0) is 25.0. The zero-order valence-corrected chi connectivity index (χ0v) is 18.6. The van der Waals surface area contributed by atoms with E-state index in [2.05, 4.69) is 16.0 Å². The van der Waals surface area contributed by atoms with Crippen LogP contribution in [-0.4, -0.2) is 11.9 Å². The van der Waals surface area contributed by atoms with Crippen molar-refractivity contribution in [1.82, 2.24) is 10.6 Å². The first-order valence-corrected chi connectivity index (χ1v) is 10.7. The van der Waals surface area contributed by atoms with Crippen LogP contribution >= 0.6 is 0 Å². The van der Waals surface area contributed by atoms with Crippen molar-refractivity contribution in [3.8, 4) is 5.75 Å². The molecule has 1 aliphatic rings. The van der Waals surface area contributed by atoms with Gasteiger partial charge >= 0.3 is 12.2 Å². The minimum atomic E-state index is -4.64. The van der Waals surface area contributed by atoms with Crippen molar-refractivity contribution in [1.29, 1.82) is 0 Å². The number of hydrogen-bond donors (Lipinski definition) is 3. The minimum Gasteiger partial charge on any atom is -0.489 e. The largest absolute Gasteiger partial charge is 0.489 e. The van der Waals surface area contributed by atoms with Crippen LogP contribution in [0.3, 0.4) is 0 Å². The number of amides is 3. The highest BCUT2D eigenvalue weighted by Crippen LogP contribution is 2.36. The van der Waals surface area contributed by atoms with Gasteiger partial charge in [0.2, 0.25) is 0 Å². The molecule has 35 heavy (non-hydrogen) atoms. The summed E-state index contributed by atoms with van der Waals surface area (Å²) in [6.07, 6.45) is -4.64. The first kappa shape index (κ1) is 23.9. The summed E-state index contributed by atoms with van der Waals surface area (Å²) in [5.74, 6) is -0.258. The van der Waals surface area contributed by atoms with E-state index in [4.69, 9.17) is 4.74 Å². The summed E-state index contributed by atoms with van der Waals surface area (Å²) in [7, 11) is 0. The van der Waals surface area contributed by atoms with Gasteiger partial charge in [0, 0.05) is 5.70 Å². The molecule has 0 aromatic heterocycles. The second-order valence-electron chi connectivity index (χ2n) is 7.91. The van der Waals surface area contributed by atoms with Gasteiger partial charge in [-0.3, -0.25) is 4.79 Å². The lowest BCUT2D eigenvalue weighted by molar-refractivity contribution is -0.137. The van der Waals surface area contributed by atoms with Crippen molar-refractivity contribution < 1.29 is 27.5 Å². The van der Waals surface area contributed by atoms with E-state index in [1.165, 1.54) is 25.1 Å². The van der Waals surface area contributed by atoms with Crippen molar-refractivity contribution in [3.05, 3.63) is 107 Å². The fourth-order valence-corrected chi connectivity index (χ4v) is 3.80.